The molecule has 0 unspecified atom stereocenters. The van der Waals surface area contributed by atoms with E-state index in [-0.39, 0.29) is 46.7 Å². The maximum absolute atomic E-state index is 13.7. The van der Waals surface area contributed by atoms with Gasteiger partial charge in [0, 0.05) is 32.5 Å². The van der Waals surface area contributed by atoms with Gasteiger partial charge in [-0.3, -0.25) is 13.9 Å². The highest BCUT2D eigenvalue weighted by Crippen LogP contribution is 2.14. The molecule has 0 bridgehead atoms. The van der Waals surface area contributed by atoms with Gasteiger partial charge in [-0.2, -0.15) is 9.97 Å². The van der Waals surface area contributed by atoms with Gasteiger partial charge in [0.2, 0.25) is 11.2 Å². The Morgan fingerprint density at radius 2 is 2.03 bits per heavy atom. The summed E-state index contributed by atoms with van der Waals surface area (Å²) in [6.07, 6.45) is 0.720. The third-order valence-electron chi connectivity index (χ3n) is 4.60. The SMILES string of the molecule is Cn1c(=O)n(CCCc2nc(Cc3ccc(F)cc3F)no2)c(=O)c2[nH]c(Cl)nc21. The Morgan fingerprint density at radius 1 is 1.23 bits per heavy atom. The van der Waals surface area contributed by atoms with Crippen molar-refractivity contribution in [1.29, 1.82) is 0 Å². The molecule has 0 radical (unpaired) electrons. The number of hydrogen-bond donors (Lipinski definition) is 1. The van der Waals surface area contributed by atoms with Crippen LogP contribution in [0.15, 0.2) is 32.3 Å². The van der Waals surface area contributed by atoms with Gasteiger partial charge in [0.05, 0.1) is 0 Å². The van der Waals surface area contributed by atoms with Crippen molar-refractivity contribution < 1.29 is 13.3 Å². The Balaban J connectivity index is 1.45. The van der Waals surface area contributed by atoms with Gasteiger partial charge in [-0.15, -0.1) is 0 Å². The highest BCUT2D eigenvalue weighted by molar-refractivity contribution is 6.28. The Labute approximate surface area is 171 Å². The summed E-state index contributed by atoms with van der Waals surface area (Å²) in [7, 11) is 1.50. The molecule has 0 saturated carbocycles. The van der Waals surface area contributed by atoms with Crippen molar-refractivity contribution in [2.45, 2.75) is 25.8 Å². The minimum atomic E-state index is -0.689. The van der Waals surface area contributed by atoms with Gasteiger partial charge in [0.25, 0.3) is 5.56 Å². The van der Waals surface area contributed by atoms with Crippen molar-refractivity contribution in [3.8, 4) is 0 Å². The van der Waals surface area contributed by atoms with Gasteiger partial charge in [0.15, 0.2) is 17.0 Å². The highest BCUT2D eigenvalue weighted by atomic mass is 35.5. The second kappa shape index (κ2) is 7.82. The van der Waals surface area contributed by atoms with Gasteiger partial charge in [-0.1, -0.05) is 11.2 Å². The molecule has 0 spiro atoms. The number of benzene rings is 1. The fourth-order valence-corrected chi connectivity index (χ4v) is 3.28. The van der Waals surface area contributed by atoms with E-state index in [1.807, 2.05) is 0 Å². The molecule has 0 fully saturated rings. The van der Waals surface area contributed by atoms with Gasteiger partial charge >= 0.3 is 5.69 Å². The molecular weight excluding hydrogens is 422 g/mol. The fourth-order valence-electron chi connectivity index (χ4n) is 3.11. The summed E-state index contributed by atoms with van der Waals surface area (Å²) in [5, 5.41) is 3.80. The van der Waals surface area contributed by atoms with Gasteiger partial charge < -0.3 is 9.51 Å². The number of fused-ring (bicyclic) bond motifs is 1. The fraction of sp³-hybridized carbons (Fsp3) is 0.278. The summed E-state index contributed by atoms with van der Waals surface area (Å²) < 4.78 is 34.2. The molecule has 3 heterocycles. The molecule has 1 N–H and O–H groups in total. The predicted molar refractivity (Wildman–Crippen MR) is 102 cm³/mol. The van der Waals surface area contributed by atoms with E-state index in [1.165, 1.54) is 17.7 Å². The van der Waals surface area contributed by atoms with E-state index >= 15 is 0 Å². The number of aryl methyl sites for hydroxylation is 2. The zero-order valence-corrected chi connectivity index (χ0v) is 16.4. The molecule has 30 heavy (non-hydrogen) atoms. The molecule has 9 nitrogen and oxygen atoms in total. The largest absolute Gasteiger partial charge is 0.339 e. The average molecular weight is 437 g/mol. The van der Waals surface area contributed by atoms with E-state index < -0.39 is 22.9 Å². The first-order valence-electron chi connectivity index (χ1n) is 8.94. The van der Waals surface area contributed by atoms with Crippen LogP contribution in [0.3, 0.4) is 0 Å². The van der Waals surface area contributed by atoms with Crippen LogP contribution in [0.4, 0.5) is 8.78 Å². The van der Waals surface area contributed by atoms with E-state index in [4.69, 9.17) is 16.1 Å². The highest BCUT2D eigenvalue weighted by Gasteiger charge is 2.15. The third kappa shape index (κ3) is 3.75. The van der Waals surface area contributed by atoms with Gasteiger partial charge in [0.1, 0.15) is 11.6 Å². The Morgan fingerprint density at radius 3 is 2.80 bits per heavy atom. The van der Waals surface area contributed by atoms with Crippen molar-refractivity contribution in [3.63, 3.8) is 0 Å². The van der Waals surface area contributed by atoms with Crippen LogP contribution >= 0.6 is 11.6 Å². The van der Waals surface area contributed by atoms with Crippen molar-refractivity contribution in [1.82, 2.24) is 29.2 Å². The maximum Gasteiger partial charge on any atom is 0.332 e. The molecule has 3 aromatic heterocycles. The van der Waals surface area contributed by atoms with E-state index in [1.54, 1.807) is 0 Å². The monoisotopic (exact) mass is 436 g/mol. The lowest BCUT2D eigenvalue weighted by Crippen LogP contribution is -2.39. The summed E-state index contributed by atoms with van der Waals surface area (Å²) >= 11 is 5.79. The topological polar surface area (TPSA) is 112 Å². The average Bonchev–Trinajstić information content (AvgIpc) is 3.31. The molecule has 0 aliphatic carbocycles. The molecule has 0 saturated heterocycles. The predicted octanol–water partition coefficient (Wildman–Crippen LogP) is 1.96. The maximum atomic E-state index is 13.7. The first kappa shape index (κ1) is 20.0. The molecule has 0 atom stereocenters. The normalized spacial score (nSPS) is 11.5. The lowest BCUT2D eigenvalue weighted by Gasteiger charge is -2.06. The molecule has 4 rings (SSSR count). The first-order valence-corrected chi connectivity index (χ1v) is 9.31. The number of halogens is 3. The minimum absolute atomic E-state index is 0.0193. The standard InChI is InChI=1S/C18H15ClF2N6O3/c1-26-15-14(23-17(19)24-15)16(28)27(18(26)29)6-2-3-13-22-12(25-30-13)7-9-4-5-10(20)8-11(9)21/h4-5,8H,2-3,6-7H2,1H3,(H,23,24). The van der Waals surface area contributed by atoms with Crippen molar-refractivity contribution in [2.75, 3.05) is 0 Å². The van der Waals surface area contributed by atoms with Crippen LogP contribution in [0.1, 0.15) is 23.7 Å². The second-order valence-corrected chi connectivity index (χ2v) is 7.00. The van der Waals surface area contributed by atoms with Crippen LogP contribution < -0.4 is 11.2 Å². The summed E-state index contributed by atoms with van der Waals surface area (Å²) in [4.78, 5) is 35.7. The third-order valence-corrected chi connectivity index (χ3v) is 4.78. The molecular formula is C18H15ClF2N6O3. The summed E-state index contributed by atoms with van der Waals surface area (Å²) in [5.74, 6) is -0.826. The van der Waals surface area contributed by atoms with Gasteiger partial charge in [-0.05, 0) is 29.7 Å². The second-order valence-electron chi connectivity index (χ2n) is 6.65. The van der Waals surface area contributed by atoms with Crippen LogP contribution in [0.2, 0.25) is 5.28 Å². The Bertz CT molecular complexity index is 1360. The van der Waals surface area contributed by atoms with Crippen molar-refractivity contribution in [3.05, 3.63) is 73.2 Å². The van der Waals surface area contributed by atoms with Crippen LogP contribution in [-0.2, 0) is 26.4 Å². The van der Waals surface area contributed by atoms with E-state index in [0.717, 1.165) is 16.7 Å². The number of rotatable bonds is 6. The summed E-state index contributed by atoms with van der Waals surface area (Å²) in [6.45, 7) is 0.113. The summed E-state index contributed by atoms with van der Waals surface area (Å²) in [6, 6.07) is 3.26. The molecule has 156 valence electrons. The number of aromatic amines is 1. The van der Waals surface area contributed by atoms with Crippen molar-refractivity contribution in [2.24, 2.45) is 7.05 Å². The quantitative estimate of drug-likeness (QED) is 0.462. The zero-order valence-electron chi connectivity index (χ0n) is 15.7. The van der Waals surface area contributed by atoms with Crippen LogP contribution in [0, 0.1) is 11.6 Å². The lowest BCUT2D eigenvalue weighted by molar-refractivity contribution is 0.367. The Kier molecular flexibility index (Phi) is 5.20. The van der Waals surface area contributed by atoms with E-state index in [2.05, 4.69) is 20.1 Å². The van der Waals surface area contributed by atoms with Gasteiger partial charge in [-0.25, -0.2) is 13.6 Å². The lowest BCUT2D eigenvalue weighted by atomic mass is 10.1. The zero-order chi connectivity index (χ0) is 21.4. The van der Waals surface area contributed by atoms with E-state index in [0.29, 0.717) is 12.8 Å². The summed E-state index contributed by atoms with van der Waals surface area (Å²) in [5.41, 5.74) is -0.478. The number of nitrogens with one attached hydrogen (secondary N) is 1. The number of aromatic nitrogens is 6. The molecule has 0 amide bonds. The van der Waals surface area contributed by atoms with Crippen LogP contribution in [0.25, 0.3) is 11.2 Å². The molecule has 0 aliphatic heterocycles. The molecule has 1 aromatic carbocycles. The first-order chi connectivity index (χ1) is 14.3. The number of H-pyrrole nitrogens is 1. The van der Waals surface area contributed by atoms with E-state index in [9.17, 15) is 18.4 Å². The van der Waals surface area contributed by atoms with Crippen LogP contribution in [0.5, 0.6) is 0 Å². The Hall–Kier alpha value is -3.34. The molecule has 0 aliphatic rings. The minimum Gasteiger partial charge on any atom is -0.339 e. The number of imidazole rings is 1. The smallest absolute Gasteiger partial charge is 0.332 e. The van der Waals surface area contributed by atoms with Crippen LogP contribution in [-0.4, -0.2) is 29.2 Å². The van der Waals surface area contributed by atoms with Crippen molar-refractivity contribution >= 4 is 22.8 Å². The number of nitrogens with zero attached hydrogens (tertiary/aromatic N) is 5. The number of hydrogen-bond acceptors (Lipinski definition) is 6. The molecule has 4 aromatic rings. The molecule has 12 heteroatoms.